The summed E-state index contributed by atoms with van der Waals surface area (Å²) in [6.07, 6.45) is 3.03. The molecule has 3 heterocycles. The Morgan fingerprint density at radius 3 is 2.76 bits per heavy atom. The van der Waals surface area contributed by atoms with E-state index in [-0.39, 0.29) is 0 Å². The molecule has 1 N–H and O–H groups in total. The first-order valence-electron chi connectivity index (χ1n) is 8.58. The maximum Gasteiger partial charge on any atom is 0.148 e. The summed E-state index contributed by atoms with van der Waals surface area (Å²) >= 11 is 0. The molecule has 4 rings (SSSR count). The van der Waals surface area contributed by atoms with Crippen molar-refractivity contribution in [2.75, 3.05) is 18.5 Å². The minimum absolute atomic E-state index is 0.384. The van der Waals surface area contributed by atoms with Crippen LogP contribution in [0.4, 0.5) is 5.82 Å². The molecule has 0 bridgehead atoms. The zero-order valence-corrected chi connectivity index (χ0v) is 14.0. The van der Waals surface area contributed by atoms with E-state index in [1.165, 1.54) is 5.56 Å². The largest absolute Gasteiger partial charge is 0.381 e. The van der Waals surface area contributed by atoms with E-state index in [1.807, 2.05) is 47.3 Å². The second-order valence-corrected chi connectivity index (χ2v) is 6.25. The number of nitrogens with zero attached hydrogens (tertiary/aromatic N) is 4. The average molecular weight is 335 g/mol. The third kappa shape index (κ3) is 4.03. The lowest BCUT2D eigenvalue weighted by Crippen LogP contribution is -2.07. The molecule has 1 atom stereocenters. The zero-order valence-electron chi connectivity index (χ0n) is 14.0. The molecule has 6 nitrogen and oxygen atoms in total. The predicted molar refractivity (Wildman–Crippen MR) is 95.3 cm³/mol. The molecule has 1 aromatic carbocycles. The molecular formula is C19H21N5O. The molecule has 0 saturated carbocycles. The van der Waals surface area contributed by atoms with Gasteiger partial charge in [-0.25, -0.2) is 0 Å². The van der Waals surface area contributed by atoms with Crippen LogP contribution in [0.5, 0.6) is 0 Å². The molecule has 6 heteroatoms. The summed E-state index contributed by atoms with van der Waals surface area (Å²) < 4.78 is 7.34. The Kier molecular flexibility index (Phi) is 4.70. The molecule has 1 saturated heterocycles. The van der Waals surface area contributed by atoms with Crippen LogP contribution < -0.4 is 5.32 Å². The van der Waals surface area contributed by atoms with Gasteiger partial charge in [0.15, 0.2) is 0 Å². The van der Waals surface area contributed by atoms with Crippen LogP contribution in [-0.4, -0.2) is 33.2 Å². The van der Waals surface area contributed by atoms with E-state index < -0.39 is 0 Å². The van der Waals surface area contributed by atoms with Crippen LogP contribution in [0.3, 0.4) is 0 Å². The fourth-order valence-electron chi connectivity index (χ4n) is 2.96. The van der Waals surface area contributed by atoms with Gasteiger partial charge in [0.05, 0.1) is 31.1 Å². The van der Waals surface area contributed by atoms with Gasteiger partial charge in [-0.3, -0.25) is 4.68 Å². The van der Waals surface area contributed by atoms with Crippen molar-refractivity contribution in [1.29, 1.82) is 0 Å². The van der Waals surface area contributed by atoms with E-state index in [1.54, 1.807) is 0 Å². The topological polar surface area (TPSA) is 64.9 Å². The third-order valence-electron chi connectivity index (χ3n) is 4.37. The highest BCUT2D eigenvalue weighted by Crippen LogP contribution is 2.23. The summed E-state index contributed by atoms with van der Waals surface area (Å²) in [5.74, 6) is 1.15. The van der Waals surface area contributed by atoms with Gasteiger partial charge in [0.2, 0.25) is 0 Å². The lowest BCUT2D eigenvalue weighted by atomic mass is 10.1. The van der Waals surface area contributed by atoms with Gasteiger partial charge in [-0.05, 0) is 30.2 Å². The van der Waals surface area contributed by atoms with Crippen LogP contribution in [-0.2, 0) is 17.8 Å². The number of hydrogen-bond donors (Lipinski definition) is 1. The minimum Gasteiger partial charge on any atom is -0.381 e. The van der Waals surface area contributed by atoms with Crippen molar-refractivity contribution in [2.45, 2.75) is 25.4 Å². The maximum atomic E-state index is 5.40. The molecule has 0 amide bonds. The molecular weight excluding hydrogens is 314 g/mol. The molecule has 0 radical (unpaired) electrons. The Morgan fingerprint density at radius 1 is 1.08 bits per heavy atom. The van der Waals surface area contributed by atoms with Crippen LogP contribution in [0.15, 0.2) is 54.7 Å². The summed E-state index contributed by atoms with van der Waals surface area (Å²) in [7, 11) is 0. The van der Waals surface area contributed by atoms with Crippen molar-refractivity contribution in [3.63, 3.8) is 0 Å². The van der Waals surface area contributed by atoms with E-state index in [9.17, 15) is 0 Å². The monoisotopic (exact) mass is 335 g/mol. The highest BCUT2D eigenvalue weighted by Gasteiger charge is 2.19. The number of benzene rings is 1. The van der Waals surface area contributed by atoms with Gasteiger partial charge in [-0.15, -0.1) is 5.10 Å². The Morgan fingerprint density at radius 2 is 2.00 bits per heavy atom. The Balaban J connectivity index is 1.32. The first-order valence-corrected chi connectivity index (χ1v) is 8.58. The van der Waals surface area contributed by atoms with Crippen molar-refractivity contribution in [1.82, 2.24) is 20.0 Å². The van der Waals surface area contributed by atoms with Crippen LogP contribution in [0.1, 0.15) is 29.3 Å². The highest BCUT2D eigenvalue weighted by atomic mass is 16.5. The van der Waals surface area contributed by atoms with Crippen molar-refractivity contribution in [3.05, 3.63) is 71.7 Å². The quantitative estimate of drug-likeness (QED) is 0.750. The Hall–Kier alpha value is -2.73. The Bertz CT molecular complexity index is 794. The molecule has 128 valence electrons. The van der Waals surface area contributed by atoms with Gasteiger partial charge in [-0.2, -0.15) is 10.2 Å². The molecule has 1 unspecified atom stereocenters. The number of aromatic nitrogens is 4. The SMILES string of the molecule is c1ccc(Cn2ccc(CNc3ccc(C4CCOC4)nn3)n2)cc1. The van der Waals surface area contributed by atoms with Gasteiger partial charge in [-0.1, -0.05) is 30.3 Å². The molecule has 0 spiro atoms. The average Bonchev–Trinajstić information content (AvgIpc) is 3.33. The standard InChI is InChI=1S/C19H21N5O/c1-2-4-15(5-3-1)13-24-10-8-17(23-24)12-20-19-7-6-18(21-22-19)16-9-11-25-14-16/h1-8,10,16H,9,11-14H2,(H,20,22). The summed E-state index contributed by atoms with van der Waals surface area (Å²) in [4.78, 5) is 0. The van der Waals surface area contributed by atoms with Crippen molar-refractivity contribution in [2.24, 2.45) is 0 Å². The number of ether oxygens (including phenoxy) is 1. The van der Waals surface area contributed by atoms with Gasteiger partial charge < -0.3 is 10.1 Å². The second-order valence-electron chi connectivity index (χ2n) is 6.25. The van der Waals surface area contributed by atoms with Gasteiger partial charge in [0, 0.05) is 18.7 Å². The predicted octanol–water partition coefficient (Wildman–Crippen LogP) is 2.84. The molecule has 0 aliphatic carbocycles. The van der Waals surface area contributed by atoms with E-state index in [2.05, 4.69) is 32.7 Å². The van der Waals surface area contributed by atoms with E-state index in [0.717, 1.165) is 43.4 Å². The summed E-state index contributed by atoms with van der Waals surface area (Å²) in [6.45, 7) is 2.97. The number of hydrogen-bond acceptors (Lipinski definition) is 5. The van der Waals surface area contributed by atoms with Gasteiger partial charge in [0.1, 0.15) is 5.82 Å². The van der Waals surface area contributed by atoms with Crippen molar-refractivity contribution >= 4 is 5.82 Å². The number of nitrogens with one attached hydrogen (secondary N) is 1. The fourth-order valence-corrected chi connectivity index (χ4v) is 2.96. The molecule has 3 aromatic rings. The van der Waals surface area contributed by atoms with Crippen LogP contribution >= 0.6 is 0 Å². The third-order valence-corrected chi connectivity index (χ3v) is 4.37. The van der Waals surface area contributed by atoms with E-state index >= 15 is 0 Å². The fraction of sp³-hybridized carbons (Fsp3) is 0.316. The van der Waals surface area contributed by atoms with Crippen molar-refractivity contribution in [3.8, 4) is 0 Å². The number of anilines is 1. The number of rotatable bonds is 6. The molecule has 2 aromatic heterocycles. The summed E-state index contributed by atoms with van der Waals surface area (Å²) in [5, 5.41) is 16.4. The molecule has 1 aliphatic rings. The van der Waals surface area contributed by atoms with Gasteiger partial charge in [0.25, 0.3) is 0 Å². The van der Waals surface area contributed by atoms with E-state index in [0.29, 0.717) is 12.5 Å². The molecule has 1 fully saturated rings. The zero-order chi connectivity index (χ0) is 16.9. The lowest BCUT2D eigenvalue weighted by Gasteiger charge is -2.07. The van der Waals surface area contributed by atoms with Crippen LogP contribution in [0, 0.1) is 0 Å². The summed E-state index contributed by atoms with van der Waals surface area (Å²) in [5.41, 5.74) is 3.23. The van der Waals surface area contributed by atoms with E-state index in [4.69, 9.17) is 4.74 Å². The first-order chi connectivity index (χ1) is 12.4. The van der Waals surface area contributed by atoms with Gasteiger partial charge >= 0.3 is 0 Å². The smallest absolute Gasteiger partial charge is 0.148 e. The highest BCUT2D eigenvalue weighted by molar-refractivity contribution is 5.34. The van der Waals surface area contributed by atoms with Crippen LogP contribution in [0.25, 0.3) is 0 Å². The summed E-state index contributed by atoms with van der Waals surface area (Å²) in [6, 6.07) is 16.3. The van der Waals surface area contributed by atoms with Crippen molar-refractivity contribution < 1.29 is 4.74 Å². The first kappa shape index (κ1) is 15.8. The minimum atomic E-state index is 0.384. The normalized spacial score (nSPS) is 16.9. The maximum absolute atomic E-state index is 5.40. The molecule has 1 aliphatic heterocycles. The van der Waals surface area contributed by atoms with Crippen LogP contribution in [0.2, 0.25) is 0 Å². The second kappa shape index (κ2) is 7.44. The Labute approximate surface area is 146 Å². The lowest BCUT2D eigenvalue weighted by molar-refractivity contribution is 0.193. The molecule has 25 heavy (non-hydrogen) atoms.